The molecule has 0 bridgehead atoms. The lowest BCUT2D eigenvalue weighted by Crippen LogP contribution is -2.54. The quantitative estimate of drug-likeness (QED) is 0.207. The summed E-state index contributed by atoms with van der Waals surface area (Å²) in [6, 6.07) is 15.6. The summed E-state index contributed by atoms with van der Waals surface area (Å²) in [6.07, 6.45) is 1.30. The minimum Gasteiger partial charge on any atom is -0.457 e. The first-order chi connectivity index (χ1) is 14.8. The molecule has 1 saturated heterocycles. The van der Waals surface area contributed by atoms with Gasteiger partial charge in [-0.2, -0.15) is 0 Å². The molecule has 0 unspecified atom stereocenters. The minimum absolute atomic E-state index is 0.0437. The summed E-state index contributed by atoms with van der Waals surface area (Å²) in [7, 11) is 0. The number of nitro groups is 1. The van der Waals surface area contributed by atoms with Crippen molar-refractivity contribution in [3.63, 3.8) is 0 Å². The monoisotopic (exact) mass is 453 g/mol. The number of halogens is 1. The highest BCUT2D eigenvalue weighted by Crippen LogP contribution is 2.30. The summed E-state index contributed by atoms with van der Waals surface area (Å²) in [5.74, 6) is -0.635. The standard InChI is InChI=1S/C21H12ClN3O5S/c22-16-3-1-2-4-17(16)24-20(27)15(19(26)23-21(24)31)11-14-9-10-18(30-14)12-5-7-13(8-6-12)25(28)29/h1-11H,(H,23,26,31)/b15-11-. The topological polar surface area (TPSA) is 106 Å². The van der Waals surface area contributed by atoms with E-state index in [1.54, 1.807) is 48.5 Å². The van der Waals surface area contributed by atoms with E-state index in [1.807, 2.05) is 0 Å². The van der Waals surface area contributed by atoms with E-state index in [0.29, 0.717) is 22.0 Å². The largest absolute Gasteiger partial charge is 0.457 e. The highest BCUT2D eigenvalue weighted by Gasteiger charge is 2.35. The zero-order valence-electron chi connectivity index (χ0n) is 15.6. The van der Waals surface area contributed by atoms with Gasteiger partial charge in [0.05, 0.1) is 15.6 Å². The molecule has 1 aromatic heterocycles. The molecular formula is C21H12ClN3O5S. The number of anilines is 1. The fraction of sp³-hybridized carbons (Fsp3) is 0. The number of amides is 2. The summed E-state index contributed by atoms with van der Waals surface area (Å²) in [4.78, 5) is 36.9. The lowest BCUT2D eigenvalue weighted by atomic mass is 10.1. The first-order valence-electron chi connectivity index (χ1n) is 8.86. The summed E-state index contributed by atoms with van der Waals surface area (Å²) < 4.78 is 5.71. The number of non-ortho nitro benzene ring substituents is 1. The number of furan rings is 1. The van der Waals surface area contributed by atoms with Gasteiger partial charge in [0, 0.05) is 17.7 Å². The third-order valence-corrected chi connectivity index (χ3v) is 5.08. The average molecular weight is 454 g/mol. The number of nitrogens with zero attached hydrogens (tertiary/aromatic N) is 2. The third-order valence-electron chi connectivity index (χ3n) is 4.47. The molecule has 2 amide bonds. The molecule has 154 valence electrons. The van der Waals surface area contributed by atoms with Gasteiger partial charge in [-0.05, 0) is 54.7 Å². The van der Waals surface area contributed by atoms with Gasteiger partial charge in [-0.1, -0.05) is 23.7 Å². The van der Waals surface area contributed by atoms with Crippen molar-refractivity contribution in [2.24, 2.45) is 0 Å². The number of benzene rings is 2. The summed E-state index contributed by atoms with van der Waals surface area (Å²) >= 11 is 11.3. The Balaban J connectivity index is 1.65. The van der Waals surface area contributed by atoms with Crippen LogP contribution in [0.3, 0.4) is 0 Å². The summed E-state index contributed by atoms with van der Waals surface area (Å²) in [6.45, 7) is 0. The Morgan fingerprint density at radius 3 is 2.45 bits per heavy atom. The Labute approximate surface area is 185 Å². The maximum Gasteiger partial charge on any atom is 0.270 e. The number of carbonyl (C=O) groups excluding carboxylic acids is 2. The van der Waals surface area contributed by atoms with E-state index < -0.39 is 16.7 Å². The van der Waals surface area contributed by atoms with Crippen molar-refractivity contribution >= 4 is 58.2 Å². The van der Waals surface area contributed by atoms with Gasteiger partial charge in [0.15, 0.2) is 5.11 Å². The number of para-hydroxylation sites is 1. The molecule has 8 nitrogen and oxygen atoms in total. The highest BCUT2D eigenvalue weighted by molar-refractivity contribution is 7.80. The van der Waals surface area contributed by atoms with Gasteiger partial charge in [0.1, 0.15) is 17.1 Å². The SMILES string of the molecule is O=C1NC(=S)N(c2ccccc2Cl)C(=O)/C1=C\c1ccc(-c2ccc([N+](=O)[O-])cc2)o1. The van der Waals surface area contributed by atoms with Crippen LogP contribution in [0.15, 0.2) is 70.7 Å². The van der Waals surface area contributed by atoms with Crippen LogP contribution in [-0.2, 0) is 9.59 Å². The van der Waals surface area contributed by atoms with E-state index in [4.69, 9.17) is 28.2 Å². The van der Waals surface area contributed by atoms with Crippen LogP contribution in [-0.4, -0.2) is 21.9 Å². The first-order valence-corrected chi connectivity index (χ1v) is 9.64. The van der Waals surface area contributed by atoms with E-state index in [2.05, 4.69) is 5.32 Å². The average Bonchev–Trinajstić information content (AvgIpc) is 3.21. The van der Waals surface area contributed by atoms with E-state index in [0.717, 1.165) is 4.90 Å². The number of rotatable bonds is 4. The molecule has 3 aromatic rings. The number of hydrogen-bond acceptors (Lipinski definition) is 6. The van der Waals surface area contributed by atoms with Gasteiger partial charge in [-0.3, -0.25) is 29.9 Å². The number of nitrogens with one attached hydrogen (secondary N) is 1. The number of carbonyl (C=O) groups is 2. The molecule has 0 aliphatic carbocycles. The van der Waals surface area contributed by atoms with Crippen LogP contribution in [0.4, 0.5) is 11.4 Å². The molecule has 2 aromatic carbocycles. The molecule has 0 radical (unpaired) electrons. The van der Waals surface area contributed by atoms with Crippen LogP contribution in [0.25, 0.3) is 17.4 Å². The van der Waals surface area contributed by atoms with Crippen LogP contribution in [0.5, 0.6) is 0 Å². The molecule has 1 aliphatic rings. The second-order valence-electron chi connectivity index (χ2n) is 6.42. The summed E-state index contributed by atoms with van der Waals surface area (Å²) in [5.41, 5.74) is 0.723. The van der Waals surface area contributed by atoms with Gasteiger partial charge in [-0.15, -0.1) is 0 Å². The Hall–Kier alpha value is -3.82. The molecule has 1 fully saturated rings. The predicted molar refractivity (Wildman–Crippen MR) is 118 cm³/mol. The predicted octanol–water partition coefficient (Wildman–Crippen LogP) is 4.34. The molecule has 1 aliphatic heterocycles. The van der Waals surface area contributed by atoms with Crippen molar-refractivity contribution in [1.29, 1.82) is 0 Å². The molecule has 0 saturated carbocycles. The normalized spacial score (nSPS) is 15.3. The third kappa shape index (κ3) is 3.96. The molecule has 31 heavy (non-hydrogen) atoms. The minimum atomic E-state index is -0.661. The van der Waals surface area contributed by atoms with Crippen LogP contribution < -0.4 is 10.2 Å². The molecular weight excluding hydrogens is 442 g/mol. The maximum absolute atomic E-state index is 13.0. The van der Waals surface area contributed by atoms with Crippen LogP contribution >= 0.6 is 23.8 Å². The van der Waals surface area contributed by atoms with Gasteiger partial charge < -0.3 is 4.42 Å². The Bertz CT molecular complexity index is 1270. The zero-order valence-corrected chi connectivity index (χ0v) is 17.1. The summed E-state index contributed by atoms with van der Waals surface area (Å²) in [5, 5.41) is 13.5. The lowest BCUT2D eigenvalue weighted by molar-refractivity contribution is -0.384. The smallest absolute Gasteiger partial charge is 0.270 e. The first kappa shape index (κ1) is 20.5. The highest BCUT2D eigenvalue weighted by atomic mass is 35.5. The van der Waals surface area contributed by atoms with Crippen LogP contribution in [0, 0.1) is 10.1 Å². The Kier molecular flexibility index (Phi) is 5.37. The Morgan fingerprint density at radius 1 is 1.06 bits per heavy atom. The van der Waals surface area contributed by atoms with Crippen LogP contribution in [0.1, 0.15) is 5.76 Å². The second-order valence-corrected chi connectivity index (χ2v) is 7.21. The van der Waals surface area contributed by atoms with Gasteiger partial charge in [-0.25, -0.2) is 0 Å². The maximum atomic E-state index is 13.0. The van der Waals surface area contributed by atoms with Gasteiger partial charge in [0.25, 0.3) is 17.5 Å². The van der Waals surface area contributed by atoms with E-state index in [1.165, 1.54) is 18.2 Å². The van der Waals surface area contributed by atoms with Crippen molar-refractivity contribution in [3.05, 3.63) is 87.1 Å². The fourth-order valence-electron chi connectivity index (χ4n) is 2.98. The van der Waals surface area contributed by atoms with E-state index in [9.17, 15) is 19.7 Å². The number of hydrogen-bond donors (Lipinski definition) is 1. The molecule has 2 heterocycles. The van der Waals surface area contributed by atoms with Crippen LogP contribution in [0.2, 0.25) is 5.02 Å². The van der Waals surface area contributed by atoms with Crippen molar-refractivity contribution in [3.8, 4) is 11.3 Å². The second kappa shape index (κ2) is 8.13. The number of nitro benzene ring substituents is 1. The Morgan fingerprint density at radius 2 is 1.77 bits per heavy atom. The van der Waals surface area contributed by atoms with E-state index in [-0.39, 0.29) is 22.1 Å². The molecule has 4 rings (SSSR count). The zero-order chi connectivity index (χ0) is 22.1. The van der Waals surface area contributed by atoms with Crippen molar-refractivity contribution in [2.75, 3.05) is 4.90 Å². The lowest BCUT2D eigenvalue weighted by Gasteiger charge is -2.29. The molecule has 10 heteroatoms. The fourth-order valence-corrected chi connectivity index (χ4v) is 3.48. The van der Waals surface area contributed by atoms with Crippen molar-refractivity contribution in [1.82, 2.24) is 5.32 Å². The van der Waals surface area contributed by atoms with E-state index >= 15 is 0 Å². The van der Waals surface area contributed by atoms with Crippen molar-refractivity contribution in [2.45, 2.75) is 0 Å². The molecule has 1 N–H and O–H groups in total. The van der Waals surface area contributed by atoms with Crippen molar-refractivity contribution < 1.29 is 18.9 Å². The van der Waals surface area contributed by atoms with Gasteiger partial charge >= 0.3 is 0 Å². The molecule has 0 spiro atoms. The molecule has 0 atom stereocenters. The van der Waals surface area contributed by atoms with Gasteiger partial charge in [0.2, 0.25) is 0 Å². The number of thiocarbonyl (C=S) groups is 1.